The molecule has 0 aromatic heterocycles. The highest BCUT2D eigenvalue weighted by Gasteiger charge is 2.45. The molecule has 6 nitrogen and oxygen atoms in total. The molecule has 1 atom stereocenters. The zero-order valence-corrected chi connectivity index (χ0v) is 10.8. The maximum absolute atomic E-state index is 11.3. The quantitative estimate of drug-likeness (QED) is 0.551. The minimum Gasteiger partial charge on any atom is -0.324 e. The van der Waals surface area contributed by atoms with Gasteiger partial charge in [-0.1, -0.05) is 13.8 Å². The van der Waals surface area contributed by atoms with E-state index in [2.05, 4.69) is 0 Å². The molecule has 0 aliphatic rings. The van der Waals surface area contributed by atoms with Crippen LogP contribution in [0.1, 0.15) is 27.2 Å². The third kappa shape index (κ3) is 4.35. The third-order valence-electron chi connectivity index (χ3n) is 2.82. The van der Waals surface area contributed by atoms with Gasteiger partial charge < -0.3 is 19.6 Å². The van der Waals surface area contributed by atoms with Gasteiger partial charge in [-0.3, -0.25) is 9.13 Å². The van der Waals surface area contributed by atoms with E-state index in [0.29, 0.717) is 0 Å². The SMILES string of the molecule is CC(C)C(C)(CCP(=O)(O)O)P(=O)(O)O. The monoisotopic (exact) mass is 260 g/mol. The van der Waals surface area contributed by atoms with Crippen LogP contribution in [-0.2, 0) is 9.13 Å². The Kier molecular flexibility index (Phi) is 4.75. The molecule has 4 N–H and O–H groups in total. The molecule has 0 aromatic rings. The van der Waals surface area contributed by atoms with Crippen LogP contribution in [0.15, 0.2) is 0 Å². The van der Waals surface area contributed by atoms with Crippen molar-refractivity contribution in [1.29, 1.82) is 0 Å². The van der Waals surface area contributed by atoms with Gasteiger partial charge in [0.2, 0.25) is 0 Å². The second-order valence-electron chi connectivity index (χ2n) is 4.19. The Morgan fingerprint density at radius 1 is 1.13 bits per heavy atom. The van der Waals surface area contributed by atoms with Crippen molar-refractivity contribution in [3.8, 4) is 0 Å². The van der Waals surface area contributed by atoms with E-state index in [0.717, 1.165) is 0 Å². The lowest BCUT2D eigenvalue weighted by Crippen LogP contribution is -2.32. The molecule has 0 amide bonds. The van der Waals surface area contributed by atoms with Crippen molar-refractivity contribution in [3.63, 3.8) is 0 Å². The molecule has 8 heteroatoms. The molecule has 0 aromatic carbocycles. The Morgan fingerprint density at radius 3 is 1.73 bits per heavy atom. The molecule has 0 aliphatic carbocycles. The van der Waals surface area contributed by atoms with Crippen molar-refractivity contribution >= 4 is 15.2 Å². The summed E-state index contributed by atoms with van der Waals surface area (Å²) in [6.07, 6.45) is -0.702. The van der Waals surface area contributed by atoms with Gasteiger partial charge in [0.05, 0.1) is 11.3 Å². The molecule has 0 saturated carbocycles. The van der Waals surface area contributed by atoms with E-state index < -0.39 is 26.5 Å². The number of hydrogen-bond donors (Lipinski definition) is 4. The fraction of sp³-hybridized carbons (Fsp3) is 1.00. The van der Waals surface area contributed by atoms with Crippen LogP contribution in [0.25, 0.3) is 0 Å². The molecule has 0 bridgehead atoms. The van der Waals surface area contributed by atoms with Crippen molar-refractivity contribution in [2.24, 2.45) is 5.92 Å². The van der Waals surface area contributed by atoms with Crippen LogP contribution in [0, 0.1) is 5.92 Å². The van der Waals surface area contributed by atoms with Gasteiger partial charge in [0.25, 0.3) is 0 Å². The topological polar surface area (TPSA) is 115 Å². The van der Waals surface area contributed by atoms with E-state index in [9.17, 15) is 9.13 Å². The van der Waals surface area contributed by atoms with Crippen LogP contribution >= 0.6 is 15.2 Å². The average Bonchev–Trinajstić information content (AvgIpc) is 1.95. The summed E-state index contributed by atoms with van der Waals surface area (Å²) in [7, 11) is -8.59. The van der Waals surface area contributed by atoms with E-state index in [-0.39, 0.29) is 12.3 Å². The van der Waals surface area contributed by atoms with E-state index in [1.807, 2.05) is 0 Å². The van der Waals surface area contributed by atoms with Gasteiger partial charge >= 0.3 is 15.2 Å². The highest BCUT2D eigenvalue weighted by atomic mass is 31.2. The highest BCUT2D eigenvalue weighted by Crippen LogP contribution is 2.57. The summed E-state index contributed by atoms with van der Waals surface area (Å²) in [5.74, 6) is -0.357. The maximum Gasteiger partial charge on any atom is 0.331 e. The van der Waals surface area contributed by atoms with Crippen molar-refractivity contribution in [2.75, 3.05) is 6.16 Å². The molecule has 92 valence electrons. The maximum atomic E-state index is 11.3. The third-order valence-corrected chi connectivity index (χ3v) is 5.70. The number of hydrogen-bond acceptors (Lipinski definition) is 2. The average molecular weight is 260 g/mol. The summed E-state index contributed by atoms with van der Waals surface area (Å²) in [4.78, 5) is 35.7. The molecule has 0 radical (unpaired) electrons. The van der Waals surface area contributed by atoms with Crippen molar-refractivity contribution in [3.05, 3.63) is 0 Å². The predicted molar refractivity (Wildman–Crippen MR) is 56.8 cm³/mol. The van der Waals surface area contributed by atoms with Gasteiger partial charge in [-0.15, -0.1) is 0 Å². The molecule has 0 rings (SSSR count). The van der Waals surface area contributed by atoms with Crippen LogP contribution in [0.4, 0.5) is 0 Å². The predicted octanol–water partition coefficient (Wildman–Crippen LogP) is 1.15. The highest BCUT2D eigenvalue weighted by molar-refractivity contribution is 7.54. The van der Waals surface area contributed by atoms with E-state index in [1.54, 1.807) is 13.8 Å². The van der Waals surface area contributed by atoms with Gasteiger partial charge in [-0.05, 0) is 19.3 Å². The minimum atomic E-state index is -4.37. The molecule has 15 heavy (non-hydrogen) atoms. The molecule has 0 saturated heterocycles. The summed E-state index contributed by atoms with van der Waals surface area (Å²) < 4.78 is 21.9. The van der Waals surface area contributed by atoms with Crippen LogP contribution < -0.4 is 0 Å². The van der Waals surface area contributed by atoms with Gasteiger partial charge in [0.15, 0.2) is 0 Å². The lowest BCUT2D eigenvalue weighted by molar-refractivity contribution is 0.288. The molecule has 1 unspecified atom stereocenters. The standard InChI is InChI=1S/C7H18O6P2/c1-6(2)7(3,15(11,12)13)4-5-14(8,9)10/h6H,4-5H2,1-3H3,(H2,8,9,10)(H2,11,12,13). The first-order chi connectivity index (χ1) is 6.40. The summed E-state index contributed by atoms with van der Waals surface area (Å²) in [6, 6.07) is 0. The summed E-state index contributed by atoms with van der Waals surface area (Å²) in [6.45, 7) is 4.60. The Balaban J connectivity index is 4.86. The largest absolute Gasteiger partial charge is 0.331 e. The fourth-order valence-corrected chi connectivity index (χ4v) is 3.15. The first-order valence-electron chi connectivity index (χ1n) is 4.50. The lowest BCUT2D eigenvalue weighted by Gasteiger charge is -2.34. The van der Waals surface area contributed by atoms with Gasteiger partial charge in [0.1, 0.15) is 0 Å². The van der Waals surface area contributed by atoms with Crippen LogP contribution in [-0.4, -0.2) is 30.9 Å². The Hall–Kier alpha value is 0.300. The Labute approximate surface area is 89.0 Å². The van der Waals surface area contributed by atoms with Crippen molar-refractivity contribution in [1.82, 2.24) is 0 Å². The van der Waals surface area contributed by atoms with Crippen LogP contribution in [0.2, 0.25) is 0 Å². The fourth-order valence-electron chi connectivity index (χ4n) is 1.14. The summed E-state index contributed by atoms with van der Waals surface area (Å²) in [5.41, 5.74) is 0. The molecule has 0 fully saturated rings. The Bertz CT molecular complexity index is 303. The second-order valence-corrected chi connectivity index (χ2v) is 8.08. The number of rotatable bonds is 5. The normalized spacial score (nSPS) is 17.9. The molecule has 0 heterocycles. The van der Waals surface area contributed by atoms with E-state index in [1.165, 1.54) is 6.92 Å². The van der Waals surface area contributed by atoms with Crippen LogP contribution in [0.5, 0.6) is 0 Å². The first kappa shape index (κ1) is 15.3. The zero-order valence-electron chi connectivity index (χ0n) is 8.99. The summed E-state index contributed by atoms with van der Waals surface area (Å²) >= 11 is 0. The summed E-state index contributed by atoms with van der Waals surface area (Å²) in [5, 5.41) is -1.38. The molecular formula is C7H18O6P2. The van der Waals surface area contributed by atoms with Gasteiger partial charge in [-0.2, -0.15) is 0 Å². The van der Waals surface area contributed by atoms with Gasteiger partial charge in [-0.25, -0.2) is 0 Å². The van der Waals surface area contributed by atoms with Crippen LogP contribution in [0.3, 0.4) is 0 Å². The van der Waals surface area contributed by atoms with Crippen molar-refractivity contribution < 1.29 is 28.7 Å². The van der Waals surface area contributed by atoms with E-state index >= 15 is 0 Å². The smallest absolute Gasteiger partial charge is 0.324 e. The Morgan fingerprint density at radius 2 is 1.53 bits per heavy atom. The van der Waals surface area contributed by atoms with Gasteiger partial charge in [0, 0.05) is 0 Å². The van der Waals surface area contributed by atoms with E-state index in [4.69, 9.17) is 19.6 Å². The molecule has 0 spiro atoms. The molecular weight excluding hydrogens is 242 g/mol. The lowest BCUT2D eigenvalue weighted by atomic mass is 9.94. The second kappa shape index (κ2) is 4.66. The minimum absolute atomic E-state index is 0.195. The zero-order chi connectivity index (χ0) is 12.5. The van der Waals surface area contributed by atoms with Crippen molar-refractivity contribution in [2.45, 2.75) is 32.3 Å². The molecule has 0 aliphatic heterocycles. The first-order valence-corrected chi connectivity index (χ1v) is 7.91.